The molecule has 0 aliphatic rings. The summed E-state index contributed by atoms with van der Waals surface area (Å²) >= 11 is 0. The van der Waals surface area contributed by atoms with Crippen LogP contribution >= 0.6 is 0 Å². The number of nitrogens with one attached hydrogen (secondary N) is 1. The second-order valence-electron chi connectivity index (χ2n) is 3.90. The number of amides is 1. The molecule has 0 saturated carbocycles. The largest absolute Gasteiger partial charge is 0.491 e. The van der Waals surface area contributed by atoms with E-state index < -0.39 is 11.9 Å². The average Bonchev–Trinajstić information content (AvgIpc) is 2.39. The molecule has 0 aromatic heterocycles. The van der Waals surface area contributed by atoms with Gasteiger partial charge in [-0.15, -0.1) is 0 Å². The topological polar surface area (TPSA) is 73.9 Å². The second-order valence-corrected chi connectivity index (χ2v) is 3.90. The Bertz CT molecular complexity index is 447. The van der Waals surface area contributed by atoms with Crippen molar-refractivity contribution >= 4 is 17.6 Å². The van der Waals surface area contributed by atoms with Gasteiger partial charge in [-0.25, -0.2) is 0 Å². The number of carbonyl (C=O) groups is 2. The number of ether oxygens (including phenoxy) is 3. The number of methoxy groups -OCH3 is 1. The first-order valence-corrected chi connectivity index (χ1v) is 6.33. The molecule has 0 atom stereocenters. The van der Waals surface area contributed by atoms with Gasteiger partial charge < -0.3 is 19.5 Å². The molecular formula is C14H19NO5. The SMILES string of the molecule is CCOC(=O)CC(=O)Nc1cccc(OCCOC)c1. The van der Waals surface area contributed by atoms with E-state index in [9.17, 15) is 9.59 Å². The molecule has 0 saturated heterocycles. The molecule has 1 aromatic carbocycles. The van der Waals surface area contributed by atoms with Crippen LogP contribution in [-0.4, -0.2) is 38.8 Å². The Morgan fingerprint density at radius 2 is 2.05 bits per heavy atom. The summed E-state index contributed by atoms with van der Waals surface area (Å²) in [5.41, 5.74) is 0.564. The maximum Gasteiger partial charge on any atom is 0.315 e. The molecule has 0 aliphatic heterocycles. The summed E-state index contributed by atoms with van der Waals surface area (Å²) < 4.78 is 15.0. The molecule has 0 heterocycles. The summed E-state index contributed by atoms with van der Waals surface area (Å²) in [7, 11) is 1.59. The lowest BCUT2D eigenvalue weighted by molar-refractivity contribution is -0.145. The molecule has 6 nitrogen and oxygen atoms in total. The molecule has 0 radical (unpaired) electrons. The van der Waals surface area contributed by atoms with Crippen LogP contribution in [0.25, 0.3) is 0 Å². The Hall–Kier alpha value is -2.08. The maximum atomic E-state index is 11.6. The van der Waals surface area contributed by atoms with Gasteiger partial charge in [0.1, 0.15) is 18.8 Å². The van der Waals surface area contributed by atoms with Crippen molar-refractivity contribution in [3.63, 3.8) is 0 Å². The molecule has 6 heteroatoms. The Labute approximate surface area is 118 Å². The molecule has 1 rings (SSSR count). The quantitative estimate of drug-likeness (QED) is 0.445. The summed E-state index contributed by atoms with van der Waals surface area (Å²) in [6, 6.07) is 6.92. The van der Waals surface area contributed by atoms with E-state index in [4.69, 9.17) is 14.2 Å². The third-order valence-electron chi connectivity index (χ3n) is 2.28. The van der Waals surface area contributed by atoms with Gasteiger partial charge >= 0.3 is 5.97 Å². The normalized spacial score (nSPS) is 9.90. The minimum atomic E-state index is -0.544. The summed E-state index contributed by atoms with van der Waals surface area (Å²) in [5.74, 6) is -0.342. The van der Waals surface area contributed by atoms with Crippen LogP contribution in [0.4, 0.5) is 5.69 Å². The molecule has 0 bridgehead atoms. The lowest BCUT2D eigenvalue weighted by Gasteiger charge is -2.08. The highest BCUT2D eigenvalue weighted by Crippen LogP contribution is 2.17. The monoisotopic (exact) mass is 281 g/mol. The Morgan fingerprint density at radius 3 is 2.75 bits per heavy atom. The highest BCUT2D eigenvalue weighted by molar-refractivity contribution is 6.01. The van der Waals surface area contributed by atoms with Gasteiger partial charge in [0.2, 0.25) is 5.91 Å². The van der Waals surface area contributed by atoms with Gasteiger partial charge in [-0.05, 0) is 19.1 Å². The number of rotatable bonds is 8. The zero-order valence-corrected chi connectivity index (χ0v) is 11.7. The van der Waals surface area contributed by atoms with E-state index in [1.807, 2.05) is 0 Å². The molecule has 0 spiro atoms. The van der Waals surface area contributed by atoms with Gasteiger partial charge in [0.05, 0.1) is 13.2 Å². The maximum absolute atomic E-state index is 11.6. The standard InChI is InChI=1S/C14H19NO5/c1-3-19-14(17)10-13(16)15-11-5-4-6-12(9-11)20-8-7-18-2/h4-6,9H,3,7-8,10H2,1-2H3,(H,15,16). The van der Waals surface area contributed by atoms with Gasteiger partial charge in [0.15, 0.2) is 0 Å². The zero-order chi connectivity index (χ0) is 14.8. The third kappa shape index (κ3) is 6.19. The van der Waals surface area contributed by atoms with Gasteiger partial charge in [0, 0.05) is 18.9 Å². The van der Waals surface area contributed by atoms with Crippen LogP contribution in [0.2, 0.25) is 0 Å². The average molecular weight is 281 g/mol. The third-order valence-corrected chi connectivity index (χ3v) is 2.28. The van der Waals surface area contributed by atoms with Crippen LogP contribution in [0.5, 0.6) is 5.75 Å². The highest BCUT2D eigenvalue weighted by atomic mass is 16.5. The van der Waals surface area contributed by atoms with E-state index in [1.165, 1.54) is 0 Å². The Kier molecular flexibility index (Phi) is 7.13. The first-order chi connectivity index (χ1) is 9.65. The van der Waals surface area contributed by atoms with Gasteiger partial charge in [0.25, 0.3) is 0 Å². The number of anilines is 1. The highest BCUT2D eigenvalue weighted by Gasteiger charge is 2.10. The fraction of sp³-hybridized carbons (Fsp3) is 0.429. The predicted molar refractivity (Wildman–Crippen MR) is 73.7 cm³/mol. The van der Waals surface area contributed by atoms with E-state index in [1.54, 1.807) is 38.3 Å². The predicted octanol–water partition coefficient (Wildman–Crippen LogP) is 1.60. The molecular weight excluding hydrogens is 262 g/mol. The molecule has 0 fully saturated rings. The lowest BCUT2D eigenvalue weighted by atomic mass is 10.3. The van der Waals surface area contributed by atoms with E-state index >= 15 is 0 Å². The smallest absolute Gasteiger partial charge is 0.315 e. The fourth-order valence-corrected chi connectivity index (χ4v) is 1.45. The van der Waals surface area contributed by atoms with Crippen molar-refractivity contribution in [1.29, 1.82) is 0 Å². The molecule has 0 unspecified atom stereocenters. The van der Waals surface area contributed by atoms with E-state index in [-0.39, 0.29) is 13.0 Å². The minimum absolute atomic E-state index is 0.259. The van der Waals surface area contributed by atoms with Crippen LogP contribution in [0.15, 0.2) is 24.3 Å². The van der Waals surface area contributed by atoms with Crippen LogP contribution in [0, 0.1) is 0 Å². The lowest BCUT2D eigenvalue weighted by Crippen LogP contribution is -2.18. The van der Waals surface area contributed by atoms with Gasteiger partial charge in [-0.1, -0.05) is 6.07 Å². The van der Waals surface area contributed by atoms with Crippen molar-refractivity contribution in [2.24, 2.45) is 0 Å². The van der Waals surface area contributed by atoms with Crippen LogP contribution < -0.4 is 10.1 Å². The number of benzene rings is 1. The van der Waals surface area contributed by atoms with Crippen LogP contribution in [0.1, 0.15) is 13.3 Å². The van der Waals surface area contributed by atoms with Gasteiger partial charge in [-0.2, -0.15) is 0 Å². The zero-order valence-electron chi connectivity index (χ0n) is 11.7. The number of hydrogen-bond acceptors (Lipinski definition) is 5. The molecule has 110 valence electrons. The summed E-state index contributed by atoms with van der Waals surface area (Å²) in [6.45, 7) is 2.86. The van der Waals surface area contributed by atoms with Crippen molar-refractivity contribution in [1.82, 2.24) is 0 Å². The van der Waals surface area contributed by atoms with Crippen LogP contribution in [0.3, 0.4) is 0 Å². The van der Waals surface area contributed by atoms with E-state index in [2.05, 4.69) is 5.32 Å². The van der Waals surface area contributed by atoms with Crippen molar-refractivity contribution in [2.75, 3.05) is 32.2 Å². The Balaban J connectivity index is 2.48. The van der Waals surface area contributed by atoms with Crippen molar-refractivity contribution < 1.29 is 23.8 Å². The Morgan fingerprint density at radius 1 is 1.25 bits per heavy atom. The van der Waals surface area contributed by atoms with Crippen molar-refractivity contribution in [2.45, 2.75) is 13.3 Å². The first-order valence-electron chi connectivity index (χ1n) is 6.33. The van der Waals surface area contributed by atoms with Gasteiger partial charge in [-0.3, -0.25) is 9.59 Å². The fourth-order valence-electron chi connectivity index (χ4n) is 1.45. The van der Waals surface area contributed by atoms with Crippen molar-refractivity contribution in [3.05, 3.63) is 24.3 Å². The number of carbonyl (C=O) groups excluding carboxylic acids is 2. The summed E-state index contributed by atoms with van der Waals surface area (Å²) in [5, 5.41) is 2.61. The van der Waals surface area contributed by atoms with Crippen LogP contribution in [-0.2, 0) is 19.1 Å². The van der Waals surface area contributed by atoms with E-state index in [0.29, 0.717) is 24.7 Å². The number of hydrogen-bond donors (Lipinski definition) is 1. The molecule has 1 aromatic rings. The molecule has 1 N–H and O–H groups in total. The summed E-state index contributed by atoms with van der Waals surface area (Å²) in [6.07, 6.45) is -0.303. The minimum Gasteiger partial charge on any atom is -0.491 e. The second kappa shape index (κ2) is 8.92. The number of esters is 1. The van der Waals surface area contributed by atoms with Crippen molar-refractivity contribution in [3.8, 4) is 5.75 Å². The molecule has 1 amide bonds. The van der Waals surface area contributed by atoms with E-state index in [0.717, 1.165) is 0 Å². The molecule has 0 aliphatic carbocycles. The summed E-state index contributed by atoms with van der Waals surface area (Å²) in [4.78, 5) is 22.8. The first kappa shape index (κ1) is 16.0. The molecule has 20 heavy (non-hydrogen) atoms.